The Labute approximate surface area is 75.7 Å². The second kappa shape index (κ2) is 6.18. The van der Waals surface area contributed by atoms with Crippen LogP contribution in [-0.2, 0) is 4.79 Å². The van der Waals surface area contributed by atoms with Gasteiger partial charge in [-0.1, -0.05) is 20.8 Å². The first-order valence-electron chi connectivity index (χ1n) is 4.81. The average Bonchev–Trinajstić information content (AvgIpc) is 2.00. The van der Waals surface area contributed by atoms with Gasteiger partial charge in [-0.2, -0.15) is 0 Å². The van der Waals surface area contributed by atoms with Gasteiger partial charge in [0.25, 0.3) is 0 Å². The molecule has 2 nitrogen and oxygen atoms in total. The van der Waals surface area contributed by atoms with Crippen molar-refractivity contribution in [3.8, 4) is 0 Å². The van der Waals surface area contributed by atoms with Crippen LogP contribution in [0.3, 0.4) is 0 Å². The van der Waals surface area contributed by atoms with Crippen molar-refractivity contribution in [3.05, 3.63) is 0 Å². The monoisotopic (exact) mass is 171 g/mol. The van der Waals surface area contributed by atoms with Gasteiger partial charge < -0.3 is 5.32 Å². The van der Waals surface area contributed by atoms with E-state index in [4.69, 9.17) is 0 Å². The Morgan fingerprint density at radius 3 is 2.33 bits per heavy atom. The summed E-state index contributed by atoms with van der Waals surface area (Å²) in [5.41, 5.74) is 0. The summed E-state index contributed by atoms with van der Waals surface area (Å²) in [5, 5.41) is 3.07. The summed E-state index contributed by atoms with van der Waals surface area (Å²) >= 11 is 0. The molecule has 0 aromatic heterocycles. The average molecular weight is 171 g/mol. The number of Topliss-reactive ketones (excluding diaryl/α,β-unsaturated/α-hetero) is 1. The summed E-state index contributed by atoms with van der Waals surface area (Å²) in [6, 6.07) is 0.0740. The summed E-state index contributed by atoms with van der Waals surface area (Å²) in [6.45, 7) is 6.33. The van der Waals surface area contributed by atoms with Crippen molar-refractivity contribution in [2.24, 2.45) is 5.92 Å². The first-order valence-corrected chi connectivity index (χ1v) is 4.81. The van der Waals surface area contributed by atoms with Crippen LogP contribution in [0, 0.1) is 5.92 Å². The highest BCUT2D eigenvalue weighted by Crippen LogP contribution is 2.07. The third-order valence-electron chi connectivity index (χ3n) is 1.94. The van der Waals surface area contributed by atoms with Gasteiger partial charge >= 0.3 is 0 Å². The molecule has 0 bridgehead atoms. The van der Waals surface area contributed by atoms with Crippen LogP contribution < -0.4 is 5.32 Å². The first kappa shape index (κ1) is 11.6. The molecule has 0 aliphatic rings. The first-order chi connectivity index (χ1) is 5.61. The van der Waals surface area contributed by atoms with E-state index < -0.39 is 0 Å². The number of nitrogens with one attached hydrogen (secondary N) is 1. The Hall–Kier alpha value is -0.370. The van der Waals surface area contributed by atoms with E-state index in [9.17, 15) is 4.79 Å². The molecule has 0 aliphatic carbocycles. The number of carbonyl (C=O) groups is 1. The van der Waals surface area contributed by atoms with E-state index in [1.54, 1.807) is 0 Å². The van der Waals surface area contributed by atoms with E-state index in [-0.39, 0.29) is 6.04 Å². The molecule has 0 saturated carbocycles. The molecule has 0 spiro atoms. The minimum atomic E-state index is 0.0740. The molecule has 1 N–H and O–H groups in total. The molecule has 0 amide bonds. The molecule has 0 saturated heterocycles. The SMILES string of the molecule is CCCC(=O)C(CC(C)C)NC. The number of carbonyl (C=O) groups excluding carboxylic acids is 1. The largest absolute Gasteiger partial charge is 0.311 e. The van der Waals surface area contributed by atoms with Gasteiger partial charge in [-0.05, 0) is 25.8 Å². The molecule has 0 rings (SSSR count). The van der Waals surface area contributed by atoms with E-state index in [2.05, 4.69) is 19.2 Å². The van der Waals surface area contributed by atoms with Crippen LogP contribution in [-0.4, -0.2) is 18.9 Å². The molecule has 0 fully saturated rings. The zero-order chi connectivity index (χ0) is 9.56. The molecule has 2 heteroatoms. The van der Waals surface area contributed by atoms with E-state index in [0.29, 0.717) is 18.1 Å². The molecule has 1 unspecified atom stereocenters. The zero-order valence-electron chi connectivity index (χ0n) is 8.68. The quantitative estimate of drug-likeness (QED) is 0.662. The minimum absolute atomic E-state index is 0.0740. The Bertz CT molecular complexity index is 132. The van der Waals surface area contributed by atoms with Crippen LogP contribution in [0.15, 0.2) is 0 Å². The lowest BCUT2D eigenvalue weighted by atomic mass is 9.98. The summed E-state index contributed by atoms with van der Waals surface area (Å²) < 4.78 is 0. The minimum Gasteiger partial charge on any atom is -0.311 e. The van der Waals surface area contributed by atoms with Gasteiger partial charge in [-0.3, -0.25) is 4.79 Å². The number of rotatable bonds is 6. The van der Waals surface area contributed by atoms with Gasteiger partial charge in [0, 0.05) is 6.42 Å². The van der Waals surface area contributed by atoms with Crippen LogP contribution in [0.5, 0.6) is 0 Å². The van der Waals surface area contributed by atoms with E-state index in [1.807, 2.05) is 14.0 Å². The highest BCUT2D eigenvalue weighted by Gasteiger charge is 2.15. The molecule has 1 atom stereocenters. The second-order valence-corrected chi connectivity index (χ2v) is 3.69. The molecule has 0 aliphatic heterocycles. The highest BCUT2D eigenvalue weighted by atomic mass is 16.1. The number of hydrogen-bond acceptors (Lipinski definition) is 2. The van der Waals surface area contributed by atoms with Crippen molar-refractivity contribution in [1.82, 2.24) is 5.32 Å². The van der Waals surface area contributed by atoms with Crippen LogP contribution in [0.2, 0.25) is 0 Å². The molecule has 0 radical (unpaired) electrons. The molecule has 0 aromatic rings. The van der Waals surface area contributed by atoms with Crippen molar-refractivity contribution in [2.45, 2.75) is 46.1 Å². The molecule has 0 heterocycles. The summed E-state index contributed by atoms with van der Waals surface area (Å²) in [4.78, 5) is 11.4. The van der Waals surface area contributed by atoms with Gasteiger partial charge in [0.2, 0.25) is 0 Å². The summed E-state index contributed by atoms with van der Waals surface area (Å²) in [7, 11) is 1.86. The Morgan fingerprint density at radius 1 is 1.42 bits per heavy atom. The fraction of sp³-hybridized carbons (Fsp3) is 0.900. The predicted molar refractivity (Wildman–Crippen MR) is 52.2 cm³/mol. The van der Waals surface area contributed by atoms with Gasteiger partial charge in [0.15, 0.2) is 0 Å². The lowest BCUT2D eigenvalue weighted by Crippen LogP contribution is -2.35. The van der Waals surface area contributed by atoms with Gasteiger partial charge in [-0.15, -0.1) is 0 Å². The fourth-order valence-electron chi connectivity index (χ4n) is 1.30. The topological polar surface area (TPSA) is 29.1 Å². The van der Waals surface area contributed by atoms with Crippen LogP contribution in [0.4, 0.5) is 0 Å². The van der Waals surface area contributed by atoms with Crippen LogP contribution in [0.25, 0.3) is 0 Å². The lowest BCUT2D eigenvalue weighted by Gasteiger charge is -2.16. The van der Waals surface area contributed by atoms with E-state index >= 15 is 0 Å². The fourth-order valence-corrected chi connectivity index (χ4v) is 1.30. The number of likely N-dealkylation sites (N-methyl/N-ethyl adjacent to an activating group) is 1. The van der Waals surface area contributed by atoms with Crippen LogP contribution >= 0.6 is 0 Å². The van der Waals surface area contributed by atoms with E-state index in [0.717, 1.165) is 12.8 Å². The Morgan fingerprint density at radius 2 is 2.00 bits per heavy atom. The lowest BCUT2D eigenvalue weighted by molar-refractivity contribution is -0.121. The maximum Gasteiger partial charge on any atom is 0.149 e. The molecular weight excluding hydrogens is 150 g/mol. The Kier molecular flexibility index (Phi) is 5.99. The van der Waals surface area contributed by atoms with Crippen molar-refractivity contribution in [3.63, 3.8) is 0 Å². The maximum absolute atomic E-state index is 11.4. The third-order valence-corrected chi connectivity index (χ3v) is 1.94. The summed E-state index contributed by atoms with van der Waals surface area (Å²) in [5.74, 6) is 0.942. The summed E-state index contributed by atoms with van der Waals surface area (Å²) in [6.07, 6.45) is 2.61. The molecule has 12 heavy (non-hydrogen) atoms. The maximum atomic E-state index is 11.4. The standard InChI is InChI=1S/C10H21NO/c1-5-6-10(12)9(11-4)7-8(2)3/h8-9,11H,5-7H2,1-4H3. The second-order valence-electron chi connectivity index (χ2n) is 3.69. The normalized spacial score (nSPS) is 13.4. The van der Waals surface area contributed by atoms with Crippen molar-refractivity contribution in [1.29, 1.82) is 0 Å². The van der Waals surface area contributed by atoms with Crippen molar-refractivity contribution >= 4 is 5.78 Å². The van der Waals surface area contributed by atoms with Gasteiger partial charge in [-0.25, -0.2) is 0 Å². The van der Waals surface area contributed by atoms with E-state index in [1.165, 1.54) is 0 Å². The smallest absolute Gasteiger partial charge is 0.149 e. The van der Waals surface area contributed by atoms with Crippen molar-refractivity contribution < 1.29 is 4.79 Å². The van der Waals surface area contributed by atoms with Crippen molar-refractivity contribution in [2.75, 3.05) is 7.05 Å². The Balaban J connectivity index is 3.87. The third kappa shape index (κ3) is 4.50. The van der Waals surface area contributed by atoms with Gasteiger partial charge in [0.05, 0.1) is 6.04 Å². The molecular formula is C10H21NO. The number of ketones is 1. The highest BCUT2D eigenvalue weighted by molar-refractivity contribution is 5.83. The van der Waals surface area contributed by atoms with Crippen LogP contribution in [0.1, 0.15) is 40.0 Å². The predicted octanol–water partition coefficient (Wildman–Crippen LogP) is 1.99. The number of hydrogen-bond donors (Lipinski definition) is 1. The molecule has 72 valence electrons. The van der Waals surface area contributed by atoms with Gasteiger partial charge in [0.1, 0.15) is 5.78 Å². The molecule has 0 aromatic carbocycles. The zero-order valence-corrected chi connectivity index (χ0v) is 8.68.